The van der Waals surface area contributed by atoms with Crippen LogP contribution in [0.1, 0.15) is 110 Å². The monoisotopic (exact) mass is 444 g/mol. The number of amides is 2. The molecular weight excluding hydrogens is 400 g/mol. The summed E-state index contributed by atoms with van der Waals surface area (Å²) in [5, 5.41) is 20.1. The molecule has 0 radical (unpaired) electrons. The highest BCUT2D eigenvalue weighted by atomic mass is 16.2. The Morgan fingerprint density at radius 3 is 1.59 bits per heavy atom. The van der Waals surface area contributed by atoms with Crippen LogP contribution in [-0.4, -0.2) is 36.3 Å². The summed E-state index contributed by atoms with van der Waals surface area (Å²) in [6, 6.07) is 3.97. The molecule has 0 spiro atoms. The maximum Gasteiger partial charge on any atom is 0.246 e. The maximum atomic E-state index is 12.1. The van der Waals surface area contributed by atoms with Gasteiger partial charge in [0.05, 0.1) is 25.0 Å². The summed E-state index contributed by atoms with van der Waals surface area (Å²) in [7, 11) is 0. The van der Waals surface area contributed by atoms with E-state index in [1.54, 1.807) is 0 Å². The fraction of sp³-hybridized carbons (Fsp3) is 0.769. The van der Waals surface area contributed by atoms with Crippen LogP contribution in [-0.2, 0) is 9.59 Å². The third-order valence-corrected chi connectivity index (χ3v) is 5.51. The number of nitrogens with zero attached hydrogens (tertiary/aromatic N) is 3. The van der Waals surface area contributed by atoms with E-state index in [1.165, 1.54) is 94.1 Å². The van der Waals surface area contributed by atoms with Crippen LogP contribution in [0.25, 0.3) is 0 Å². The van der Waals surface area contributed by atoms with Gasteiger partial charge in [-0.05, 0) is 6.42 Å². The number of carbonyl (C=O) groups excluding carboxylic acids is 2. The van der Waals surface area contributed by atoms with Crippen LogP contribution in [0.2, 0.25) is 0 Å². The van der Waals surface area contributed by atoms with Crippen LogP contribution < -0.4 is 5.32 Å². The molecule has 0 fully saturated rings. The van der Waals surface area contributed by atoms with Crippen molar-refractivity contribution in [3.63, 3.8) is 0 Å². The van der Waals surface area contributed by atoms with Crippen molar-refractivity contribution in [2.45, 2.75) is 110 Å². The van der Waals surface area contributed by atoms with E-state index in [2.05, 4.69) is 12.2 Å². The van der Waals surface area contributed by atoms with E-state index in [0.717, 1.165) is 12.8 Å². The van der Waals surface area contributed by atoms with E-state index in [4.69, 9.17) is 10.5 Å². The van der Waals surface area contributed by atoms with Gasteiger partial charge >= 0.3 is 0 Å². The van der Waals surface area contributed by atoms with Crippen molar-refractivity contribution in [3.8, 4) is 12.1 Å². The lowest BCUT2D eigenvalue weighted by Gasteiger charge is -2.18. The molecule has 0 aliphatic rings. The number of unbranched alkanes of at least 4 members (excludes halogenated alkanes) is 13. The third-order valence-electron chi connectivity index (χ3n) is 5.51. The average molecular weight is 445 g/mol. The predicted molar refractivity (Wildman–Crippen MR) is 130 cm³/mol. The van der Waals surface area contributed by atoms with E-state index >= 15 is 0 Å². The summed E-state index contributed by atoms with van der Waals surface area (Å²) in [4.78, 5) is 25.4. The van der Waals surface area contributed by atoms with Gasteiger partial charge in [0.1, 0.15) is 0 Å². The van der Waals surface area contributed by atoms with Crippen molar-refractivity contribution in [2.75, 3.05) is 19.6 Å². The molecule has 0 atom stereocenters. The fourth-order valence-electron chi connectivity index (χ4n) is 3.54. The van der Waals surface area contributed by atoms with E-state index in [-0.39, 0.29) is 37.7 Å². The largest absolute Gasteiger partial charge is 0.353 e. The molecule has 0 unspecified atom stereocenters. The number of nitrogens with one attached hydrogen (secondary N) is 1. The van der Waals surface area contributed by atoms with Gasteiger partial charge in [-0.25, -0.2) is 0 Å². The molecule has 0 saturated carbocycles. The SMILES string of the molecule is CCCCCCCCCCCCCCCCNC(=O)C=CC(=O)N(CCC#N)CCC#N. The summed E-state index contributed by atoms with van der Waals surface area (Å²) in [6.07, 6.45) is 21.1. The predicted octanol–water partition coefficient (Wildman–Crippen LogP) is 5.80. The van der Waals surface area contributed by atoms with Crippen LogP contribution in [0, 0.1) is 22.7 Å². The molecule has 180 valence electrons. The zero-order chi connectivity index (χ0) is 23.7. The van der Waals surface area contributed by atoms with Gasteiger partial charge in [-0.3, -0.25) is 9.59 Å². The lowest BCUT2D eigenvalue weighted by Crippen LogP contribution is -2.32. The zero-order valence-corrected chi connectivity index (χ0v) is 20.2. The first-order valence-electron chi connectivity index (χ1n) is 12.6. The molecule has 1 N–H and O–H groups in total. The fourth-order valence-corrected chi connectivity index (χ4v) is 3.54. The molecule has 0 aromatic carbocycles. The maximum absolute atomic E-state index is 12.1. The second-order valence-corrected chi connectivity index (χ2v) is 8.36. The molecule has 0 aliphatic heterocycles. The van der Waals surface area contributed by atoms with E-state index in [9.17, 15) is 9.59 Å². The summed E-state index contributed by atoms with van der Waals surface area (Å²) < 4.78 is 0. The summed E-state index contributed by atoms with van der Waals surface area (Å²) >= 11 is 0. The molecule has 0 aromatic heterocycles. The minimum atomic E-state index is -0.345. The molecule has 0 rings (SSSR count). The van der Waals surface area contributed by atoms with Gasteiger partial charge < -0.3 is 10.2 Å². The minimum Gasteiger partial charge on any atom is -0.353 e. The highest BCUT2D eigenvalue weighted by Gasteiger charge is 2.10. The molecule has 0 heterocycles. The normalized spacial score (nSPS) is 10.6. The summed E-state index contributed by atoms with van der Waals surface area (Å²) in [6.45, 7) is 3.40. The van der Waals surface area contributed by atoms with Crippen molar-refractivity contribution in [1.82, 2.24) is 10.2 Å². The van der Waals surface area contributed by atoms with Crippen molar-refractivity contribution in [1.29, 1.82) is 10.5 Å². The van der Waals surface area contributed by atoms with Gasteiger partial charge in [-0.1, -0.05) is 90.4 Å². The Labute approximate surface area is 196 Å². The summed E-state index contributed by atoms with van der Waals surface area (Å²) in [5.74, 6) is -0.629. The van der Waals surface area contributed by atoms with Crippen LogP contribution in [0.4, 0.5) is 0 Å². The Kier molecular flexibility index (Phi) is 21.6. The molecule has 32 heavy (non-hydrogen) atoms. The number of rotatable bonds is 21. The Balaban J connectivity index is 3.65. The first kappa shape index (κ1) is 29.7. The Hall–Kier alpha value is -2.34. The molecule has 0 aromatic rings. The van der Waals surface area contributed by atoms with Gasteiger partial charge in [-0.2, -0.15) is 10.5 Å². The minimum absolute atomic E-state index is 0.205. The lowest BCUT2D eigenvalue weighted by molar-refractivity contribution is -0.126. The molecule has 0 saturated heterocycles. The van der Waals surface area contributed by atoms with E-state index in [0.29, 0.717) is 6.54 Å². The van der Waals surface area contributed by atoms with Crippen molar-refractivity contribution >= 4 is 11.8 Å². The lowest BCUT2D eigenvalue weighted by atomic mass is 10.0. The number of nitriles is 2. The highest BCUT2D eigenvalue weighted by molar-refractivity contribution is 5.96. The van der Waals surface area contributed by atoms with Gasteiger partial charge in [0, 0.05) is 31.8 Å². The Morgan fingerprint density at radius 1 is 0.719 bits per heavy atom. The zero-order valence-electron chi connectivity index (χ0n) is 20.2. The van der Waals surface area contributed by atoms with Crippen LogP contribution in [0.5, 0.6) is 0 Å². The van der Waals surface area contributed by atoms with Crippen molar-refractivity contribution in [3.05, 3.63) is 12.2 Å². The van der Waals surface area contributed by atoms with Crippen LogP contribution >= 0.6 is 0 Å². The molecule has 0 aliphatic carbocycles. The van der Waals surface area contributed by atoms with Crippen molar-refractivity contribution in [2.24, 2.45) is 0 Å². The van der Waals surface area contributed by atoms with E-state index < -0.39 is 0 Å². The van der Waals surface area contributed by atoms with Crippen LogP contribution in [0.15, 0.2) is 12.2 Å². The second kappa shape index (κ2) is 23.3. The quantitative estimate of drug-likeness (QED) is 0.179. The smallest absolute Gasteiger partial charge is 0.246 e. The average Bonchev–Trinajstić information content (AvgIpc) is 2.80. The first-order chi connectivity index (χ1) is 15.7. The standard InChI is InChI=1S/C26H44N4O2/c1-2-3-4-5-6-7-8-9-10-11-12-13-14-15-22-29-25(31)18-19-26(32)30(23-16-20-27)24-17-21-28/h18-19H,2-17,22-24H2,1H3,(H,29,31). The number of carbonyl (C=O) groups is 2. The molecule has 6 nitrogen and oxygen atoms in total. The Morgan fingerprint density at radius 2 is 1.16 bits per heavy atom. The van der Waals surface area contributed by atoms with Crippen LogP contribution in [0.3, 0.4) is 0 Å². The summed E-state index contributed by atoms with van der Waals surface area (Å²) in [5.41, 5.74) is 0. The van der Waals surface area contributed by atoms with Gasteiger partial charge in [-0.15, -0.1) is 0 Å². The number of hydrogen-bond acceptors (Lipinski definition) is 4. The molecule has 2 amide bonds. The van der Waals surface area contributed by atoms with Crippen molar-refractivity contribution < 1.29 is 9.59 Å². The third kappa shape index (κ3) is 19.6. The topological polar surface area (TPSA) is 97.0 Å². The molecule has 6 heteroatoms. The Bertz CT molecular complexity index is 572. The second-order valence-electron chi connectivity index (χ2n) is 8.36. The van der Waals surface area contributed by atoms with Gasteiger partial charge in [0.15, 0.2) is 0 Å². The van der Waals surface area contributed by atoms with Gasteiger partial charge in [0.25, 0.3) is 0 Å². The number of hydrogen-bond donors (Lipinski definition) is 1. The highest BCUT2D eigenvalue weighted by Crippen LogP contribution is 2.12. The first-order valence-corrected chi connectivity index (χ1v) is 12.6. The molecular formula is C26H44N4O2. The van der Waals surface area contributed by atoms with E-state index in [1.807, 2.05) is 12.1 Å². The molecule has 0 bridgehead atoms. The van der Waals surface area contributed by atoms with Gasteiger partial charge in [0.2, 0.25) is 11.8 Å².